The van der Waals surface area contributed by atoms with Crippen LogP contribution < -0.4 is 17.2 Å². The maximum Gasteiger partial charge on any atom is 0.327 e. The van der Waals surface area contributed by atoms with Crippen LogP contribution in [0.1, 0.15) is 127 Å². The SMILES string of the molecule is CCCCCCCCCCCCCCCC(=O)n1cnc(CC(C(=O)O)N(C(=O)CN)C(=O)C(N)CCCCN)c1. The molecule has 1 rings (SSSR count). The van der Waals surface area contributed by atoms with Crippen LogP contribution in [0.25, 0.3) is 0 Å². The molecule has 2 unspecified atom stereocenters. The topological polar surface area (TPSA) is 188 Å². The zero-order chi connectivity index (χ0) is 30.5. The van der Waals surface area contributed by atoms with Crippen molar-refractivity contribution in [3.05, 3.63) is 18.2 Å². The van der Waals surface area contributed by atoms with Crippen molar-refractivity contribution in [3.63, 3.8) is 0 Å². The number of imidazole rings is 1. The van der Waals surface area contributed by atoms with Gasteiger partial charge in [0.1, 0.15) is 12.4 Å². The zero-order valence-corrected chi connectivity index (χ0v) is 25.1. The fourth-order valence-electron chi connectivity index (χ4n) is 4.87. The summed E-state index contributed by atoms with van der Waals surface area (Å²) in [5.41, 5.74) is 17.2. The number of carbonyl (C=O) groups is 4. The van der Waals surface area contributed by atoms with Gasteiger partial charge in [0, 0.05) is 19.0 Å². The van der Waals surface area contributed by atoms with Gasteiger partial charge < -0.3 is 22.3 Å². The number of hydrogen-bond acceptors (Lipinski definition) is 8. The van der Waals surface area contributed by atoms with Gasteiger partial charge >= 0.3 is 5.97 Å². The number of unbranched alkanes of at least 4 members (excludes halogenated alkanes) is 13. The van der Waals surface area contributed by atoms with Crippen molar-refractivity contribution in [2.24, 2.45) is 17.2 Å². The largest absolute Gasteiger partial charge is 0.480 e. The Labute approximate surface area is 245 Å². The molecule has 234 valence electrons. The molecule has 2 atom stereocenters. The third kappa shape index (κ3) is 14.7. The van der Waals surface area contributed by atoms with Crippen LogP contribution >= 0.6 is 0 Å². The molecular formula is C30H54N6O5. The average Bonchev–Trinajstić information content (AvgIpc) is 3.43. The molecule has 11 nitrogen and oxygen atoms in total. The van der Waals surface area contributed by atoms with E-state index < -0.39 is 36.4 Å². The van der Waals surface area contributed by atoms with Gasteiger partial charge in [0.25, 0.3) is 0 Å². The van der Waals surface area contributed by atoms with Crippen LogP contribution in [0.15, 0.2) is 12.5 Å². The molecular weight excluding hydrogens is 524 g/mol. The predicted molar refractivity (Wildman–Crippen MR) is 160 cm³/mol. The second-order valence-electron chi connectivity index (χ2n) is 10.9. The van der Waals surface area contributed by atoms with E-state index in [-0.39, 0.29) is 24.4 Å². The molecule has 0 aliphatic carbocycles. The van der Waals surface area contributed by atoms with Gasteiger partial charge in [-0.05, 0) is 25.8 Å². The number of rotatable bonds is 24. The molecule has 1 aromatic rings. The maximum atomic E-state index is 12.9. The van der Waals surface area contributed by atoms with Gasteiger partial charge in [-0.1, -0.05) is 90.4 Å². The highest BCUT2D eigenvalue weighted by molar-refractivity contribution is 6.02. The molecule has 0 bridgehead atoms. The van der Waals surface area contributed by atoms with Crippen LogP contribution in [-0.4, -0.2) is 68.4 Å². The second kappa shape index (κ2) is 22.0. The van der Waals surface area contributed by atoms with E-state index >= 15 is 0 Å². The first-order valence-electron chi connectivity index (χ1n) is 15.6. The van der Waals surface area contributed by atoms with E-state index in [9.17, 15) is 24.3 Å². The van der Waals surface area contributed by atoms with Gasteiger partial charge in [0.15, 0.2) is 0 Å². The molecule has 11 heteroatoms. The summed E-state index contributed by atoms with van der Waals surface area (Å²) in [5, 5.41) is 9.85. The van der Waals surface area contributed by atoms with Crippen LogP contribution in [0, 0.1) is 0 Å². The number of aromatic nitrogens is 2. The number of hydrogen-bond donors (Lipinski definition) is 4. The number of carboxylic acid groups (broad SMARTS) is 1. The number of nitrogens with two attached hydrogens (primary N) is 3. The predicted octanol–water partition coefficient (Wildman–Crippen LogP) is 3.77. The summed E-state index contributed by atoms with van der Waals surface area (Å²) in [4.78, 5) is 55.0. The Hall–Kier alpha value is -2.63. The highest BCUT2D eigenvalue weighted by atomic mass is 16.4. The first-order chi connectivity index (χ1) is 19.8. The Morgan fingerprint density at radius 2 is 1.44 bits per heavy atom. The molecule has 7 N–H and O–H groups in total. The second-order valence-corrected chi connectivity index (χ2v) is 10.9. The summed E-state index contributed by atoms with van der Waals surface area (Å²) >= 11 is 0. The van der Waals surface area contributed by atoms with Crippen molar-refractivity contribution >= 4 is 23.7 Å². The number of carboxylic acids is 1. The summed E-state index contributed by atoms with van der Waals surface area (Å²) in [6.45, 7) is 2.13. The lowest BCUT2D eigenvalue weighted by Crippen LogP contribution is -2.56. The molecule has 0 aromatic carbocycles. The van der Waals surface area contributed by atoms with E-state index in [4.69, 9.17) is 17.2 Å². The molecule has 0 saturated heterocycles. The third-order valence-electron chi connectivity index (χ3n) is 7.38. The lowest BCUT2D eigenvalue weighted by atomic mass is 10.0. The molecule has 1 heterocycles. The van der Waals surface area contributed by atoms with Crippen molar-refractivity contribution in [2.75, 3.05) is 13.1 Å². The van der Waals surface area contributed by atoms with Gasteiger partial charge in [-0.2, -0.15) is 0 Å². The maximum absolute atomic E-state index is 12.9. The minimum atomic E-state index is -1.54. The normalized spacial score (nSPS) is 12.7. The van der Waals surface area contributed by atoms with Crippen LogP contribution in [-0.2, 0) is 20.8 Å². The lowest BCUT2D eigenvalue weighted by Gasteiger charge is -2.28. The fourth-order valence-corrected chi connectivity index (χ4v) is 4.87. The van der Waals surface area contributed by atoms with Gasteiger partial charge in [-0.3, -0.25) is 23.9 Å². The van der Waals surface area contributed by atoms with Gasteiger partial charge in [0.2, 0.25) is 17.7 Å². The number of nitrogens with zero attached hydrogens (tertiary/aromatic N) is 3. The summed E-state index contributed by atoms with van der Waals surface area (Å²) < 4.78 is 1.34. The van der Waals surface area contributed by atoms with Crippen LogP contribution in [0.5, 0.6) is 0 Å². The monoisotopic (exact) mass is 578 g/mol. The van der Waals surface area contributed by atoms with E-state index in [1.165, 1.54) is 81.3 Å². The molecule has 0 spiro atoms. The molecule has 0 aliphatic rings. The minimum absolute atomic E-state index is 0.133. The Kier molecular flexibility index (Phi) is 19.6. The summed E-state index contributed by atoms with van der Waals surface area (Å²) in [6.07, 6.45) is 20.3. The van der Waals surface area contributed by atoms with Crippen LogP contribution in [0.4, 0.5) is 0 Å². The molecule has 0 aliphatic heterocycles. The average molecular weight is 579 g/mol. The zero-order valence-electron chi connectivity index (χ0n) is 25.1. The number of amides is 2. The number of aliphatic carboxylic acids is 1. The van der Waals surface area contributed by atoms with Crippen LogP contribution in [0.2, 0.25) is 0 Å². The number of imide groups is 1. The highest BCUT2D eigenvalue weighted by Gasteiger charge is 2.37. The molecule has 0 radical (unpaired) electrons. The van der Waals surface area contributed by atoms with Crippen molar-refractivity contribution < 1.29 is 24.3 Å². The van der Waals surface area contributed by atoms with Gasteiger partial charge in [-0.25, -0.2) is 9.78 Å². The van der Waals surface area contributed by atoms with Gasteiger partial charge in [-0.15, -0.1) is 0 Å². The fraction of sp³-hybridized carbons (Fsp3) is 0.767. The Bertz CT molecular complexity index is 906. The van der Waals surface area contributed by atoms with E-state index in [0.29, 0.717) is 30.7 Å². The van der Waals surface area contributed by atoms with E-state index in [1.807, 2.05) is 0 Å². The summed E-state index contributed by atoms with van der Waals surface area (Å²) in [7, 11) is 0. The van der Waals surface area contributed by atoms with E-state index in [1.54, 1.807) is 0 Å². The first kappa shape index (κ1) is 36.4. The highest BCUT2D eigenvalue weighted by Crippen LogP contribution is 2.15. The molecule has 41 heavy (non-hydrogen) atoms. The molecule has 1 aromatic heterocycles. The minimum Gasteiger partial charge on any atom is -0.480 e. The van der Waals surface area contributed by atoms with E-state index in [2.05, 4.69) is 11.9 Å². The lowest BCUT2D eigenvalue weighted by molar-refractivity contribution is -0.158. The van der Waals surface area contributed by atoms with Crippen LogP contribution in [0.3, 0.4) is 0 Å². The summed E-state index contributed by atoms with van der Waals surface area (Å²) in [5.74, 6) is -3.16. The van der Waals surface area contributed by atoms with Crippen molar-refractivity contribution in [1.29, 1.82) is 0 Å². The summed E-state index contributed by atoms with van der Waals surface area (Å²) in [6, 6.07) is -2.60. The first-order valence-corrected chi connectivity index (χ1v) is 15.6. The Morgan fingerprint density at radius 3 is 1.95 bits per heavy atom. The van der Waals surface area contributed by atoms with Crippen molar-refractivity contribution in [2.45, 2.75) is 135 Å². The Balaban J connectivity index is 2.51. The smallest absolute Gasteiger partial charge is 0.327 e. The molecule has 0 saturated carbocycles. The Morgan fingerprint density at radius 1 is 0.878 bits per heavy atom. The third-order valence-corrected chi connectivity index (χ3v) is 7.38. The van der Waals surface area contributed by atoms with Crippen molar-refractivity contribution in [1.82, 2.24) is 14.5 Å². The molecule has 2 amide bonds. The number of carbonyl (C=O) groups excluding carboxylic acids is 3. The molecule has 0 fully saturated rings. The standard InChI is InChI=1S/C30H54N6O5/c1-2-3-4-5-6-7-8-9-10-11-12-13-14-18-27(37)35-22-24(34-23-35)20-26(30(40)41)36(28(38)21-32)29(39)25(33)17-15-16-19-31/h22-23,25-26H,2-21,31-33H2,1H3,(H,40,41). The quantitative estimate of drug-likeness (QED) is 0.132. The van der Waals surface area contributed by atoms with E-state index in [0.717, 1.165) is 19.3 Å². The van der Waals surface area contributed by atoms with Crippen molar-refractivity contribution in [3.8, 4) is 0 Å². The van der Waals surface area contributed by atoms with Gasteiger partial charge in [0.05, 0.1) is 18.3 Å².